The molecule has 0 bridgehead atoms. The summed E-state index contributed by atoms with van der Waals surface area (Å²) < 4.78 is 0. The Kier molecular flexibility index (Phi) is 6.09. The molecule has 21 heavy (non-hydrogen) atoms. The second-order valence-electron chi connectivity index (χ2n) is 6.18. The molecule has 2 rings (SSSR count). The minimum atomic E-state index is 0.244. The first-order valence-electron chi connectivity index (χ1n) is 8.36. The van der Waals surface area contributed by atoms with Crippen LogP contribution in [0.5, 0.6) is 0 Å². The zero-order chi connectivity index (χ0) is 15.1. The highest BCUT2D eigenvalue weighted by atomic mass is 16.2. The van der Waals surface area contributed by atoms with Crippen molar-refractivity contribution in [2.45, 2.75) is 58.3 Å². The van der Waals surface area contributed by atoms with Crippen LogP contribution in [-0.2, 0) is 4.79 Å². The quantitative estimate of drug-likeness (QED) is 0.790. The summed E-state index contributed by atoms with van der Waals surface area (Å²) in [6.07, 6.45) is 9.33. The Hall–Kier alpha value is -1.51. The maximum absolute atomic E-state index is 12.6. The molecule has 3 heteroatoms. The van der Waals surface area contributed by atoms with Gasteiger partial charge in [-0.25, -0.2) is 0 Å². The fourth-order valence-electron chi connectivity index (χ4n) is 3.25. The summed E-state index contributed by atoms with van der Waals surface area (Å²) in [6, 6.07) is 7.65. The highest BCUT2D eigenvalue weighted by molar-refractivity contribution is 5.93. The Bertz CT molecular complexity index is 452. The van der Waals surface area contributed by atoms with Gasteiger partial charge in [0.15, 0.2) is 0 Å². The maximum atomic E-state index is 12.6. The van der Waals surface area contributed by atoms with Gasteiger partial charge < -0.3 is 10.6 Å². The normalized spacial score (nSPS) is 15.9. The molecule has 0 saturated heterocycles. The molecule has 1 aromatic rings. The van der Waals surface area contributed by atoms with Crippen LogP contribution in [0.4, 0.5) is 11.4 Å². The largest absolute Gasteiger partial charge is 0.399 e. The van der Waals surface area contributed by atoms with E-state index < -0.39 is 0 Å². The van der Waals surface area contributed by atoms with E-state index in [0.29, 0.717) is 12.1 Å². The van der Waals surface area contributed by atoms with Gasteiger partial charge in [0, 0.05) is 24.3 Å². The van der Waals surface area contributed by atoms with Crippen molar-refractivity contribution in [1.29, 1.82) is 0 Å². The van der Waals surface area contributed by atoms with Gasteiger partial charge in [-0.3, -0.25) is 4.79 Å². The van der Waals surface area contributed by atoms with Crippen molar-refractivity contribution < 1.29 is 4.79 Å². The second-order valence-corrected chi connectivity index (χ2v) is 6.18. The van der Waals surface area contributed by atoms with E-state index in [0.717, 1.165) is 31.0 Å². The summed E-state index contributed by atoms with van der Waals surface area (Å²) >= 11 is 0. The van der Waals surface area contributed by atoms with Gasteiger partial charge in [0.25, 0.3) is 0 Å². The number of rotatable bonds is 6. The Morgan fingerprint density at radius 3 is 2.71 bits per heavy atom. The summed E-state index contributed by atoms with van der Waals surface area (Å²) in [5.74, 6) is 1.00. The predicted octanol–water partition coefficient (Wildman–Crippen LogP) is 4.37. The van der Waals surface area contributed by atoms with Crippen LogP contribution in [0.25, 0.3) is 0 Å². The minimum Gasteiger partial charge on any atom is -0.399 e. The molecule has 1 saturated carbocycles. The molecule has 0 radical (unpaired) electrons. The topological polar surface area (TPSA) is 46.3 Å². The van der Waals surface area contributed by atoms with Crippen molar-refractivity contribution in [3.63, 3.8) is 0 Å². The number of amides is 1. The van der Waals surface area contributed by atoms with E-state index in [-0.39, 0.29) is 5.91 Å². The van der Waals surface area contributed by atoms with Crippen LogP contribution in [0.3, 0.4) is 0 Å². The molecule has 0 aliphatic heterocycles. The fraction of sp³-hybridized carbons (Fsp3) is 0.611. The predicted molar refractivity (Wildman–Crippen MR) is 89.3 cm³/mol. The number of carbonyl (C=O) groups excluding carboxylic acids is 1. The van der Waals surface area contributed by atoms with E-state index in [1.165, 1.54) is 32.1 Å². The summed E-state index contributed by atoms with van der Waals surface area (Å²) in [5.41, 5.74) is 7.50. The molecule has 0 unspecified atom stereocenters. The van der Waals surface area contributed by atoms with Gasteiger partial charge >= 0.3 is 0 Å². The van der Waals surface area contributed by atoms with E-state index in [1.807, 2.05) is 29.2 Å². The number of benzene rings is 1. The number of nitrogens with two attached hydrogens (primary N) is 1. The summed E-state index contributed by atoms with van der Waals surface area (Å²) in [6.45, 7) is 2.88. The van der Waals surface area contributed by atoms with Crippen molar-refractivity contribution in [2.24, 2.45) is 5.92 Å². The third-order valence-electron chi connectivity index (χ3n) is 4.42. The molecule has 1 aromatic carbocycles. The minimum absolute atomic E-state index is 0.244. The van der Waals surface area contributed by atoms with Crippen molar-refractivity contribution >= 4 is 17.3 Å². The lowest BCUT2D eigenvalue weighted by Gasteiger charge is -2.25. The number of anilines is 2. The number of nitrogen functional groups attached to an aromatic ring is 1. The summed E-state index contributed by atoms with van der Waals surface area (Å²) in [7, 11) is 0. The standard InChI is InChI=1S/C18H28N2O/c1-2-13-20(17-10-6-9-16(19)14-17)18(21)12-11-15-7-4-3-5-8-15/h6,9-10,14-15H,2-5,7-8,11-13,19H2,1H3. The molecule has 3 nitrogen and oxygen atoms in total. The molecule has 116 valence electrons. The first-order chi connectivity index (χ1) is 10.2. The molecule has 0 atom stereocenters. The van der Waals surface area contributed by atoms with Gasteiger partial charge in [0.2, 0.25) is 5.91 Å². The Morgan fingerprint density at radius 1 is 1.29 bits per heavy atom. The van der Waals surface area contributed by atoms with Crippen LogP contribution in [0.1, 0.15) is 58.3 Å². The highest BCUT2D eigenvalue weighted by Gasteiger charge is 2.19. The van der Waals surface area contributed by atoms with Gasteiger partial charge in [-0.1, -0.05) is 45.1 Å². The van der Waals surface area contributed by atoms with Crippen LogP contribution in [0.2, 0.25) is 0 Å². The Labute approximate surface area is 128 Å². The molecule has 2 N–H and O–H groups in total. The van der Waals surface area contributed by atoms with Crippen molar-refractivity contribution in [2.75, 3.05) is 17.2 Å². The fourth-order valence-corrected chi connectivity index (χ4v) is 3.25. The molecular weight excluding hydrogens is 260 g/mol. The number of hydrogen-bond acceptors (Lipinski definition) is 2. The monoisotopic (exact) mass is 288 g/mol. The highest BCUT2D eigenvalue weighted by Crippen LogP contribution is 2.28. The number of carbonyl (C=O) groups is 1. The van der Waals surface area contributed by atoms with E-state index >= 15 is 0 Å². The van der Waals surface area contributed by atoms with Crippen LogP contribution in [-0.4, -0.2) is 12.5 Å². The number of nitrogens with zero attached hydrogens (tertiary/aromatic N) is 1. The lowest BCUT2D eigenvalue weighted by atomic mass is 9.86. The van der Waals surface area contributed by atoms with Crippen LogP contribution in [0.15, 0.2) is 24.3 Å². The van der Waals surface area contributed by atoms with E-state index in [2.05, 4.69) is 6.92 Å². The molecule has 1 amide bonds. The van der Waals surface area contributed by atoms with E-state index in [4.69, 9.17) is 5.73 Å². The molecule has 0 aromatic heterocycles. The van der Waals surface area contributed by atoms with Crippen molar-refractivity contribution in [3.05, 3.63) is 24.3 Å². The molecule has 1 fully saturated rings. The van der Waals surface area contributed by atoms with E-state index in [1.54, 1.807) is 0 Å². The van der Waals surface area contributed by atoms with Gasteiger partial charge in [-0.15, -0.1) is 0 Å². The third kappa shape index (κ3) is 4.76. The third-order valence-corrected chi connectivity index (χ3v) is 4.42. The zero-order valence-corrected chi connectivity index (χ0v) is 13.2. The van der Waals surface area contributed by atoms with Crippen LogP contribution < -0.4 is 10.6 Å². The zero-order valence-electron chi connectivity index (χ0n) is 13.2. The molecular formula is C18H28N2O. The summed E-state index contributed by atoms with van der Waals surface area (Å²) in [4.78, 5) is 14.5. The molecule has 1 aliphatic carbocycles. The first-order valence-corrected chi connectivity index (χ1v) is 8.36. The Balaban J connectivity index is 1.95. The van der Waals surface area contributed by atoms with Crippen LogP contribution >= 0.6 is 0 Å². The first kappa shape index (κ1) is 15.9. The van der Waals surface area contributed by atoms with Gasteiger partial charge in [-0.2, -0.15) is 0 Å². The van der Waals surface area contributed by atoms with Gasteiger partial charge in [0.1, 0.15) is 0 Å². The Morgan fingerprint density at radius 2 is 2.05 bits per heavy atom. The lowest BCUT2D eigenvalue weighted by molar-refractivity contribution is -0.119. The SMILES string of the molecule is CCCN(C(=O)CCC1CCCCC1)c1cccc(N)c1. The van der Waals surface area contributed by atoms with E-state index in [9.17, 15) is 4.79 Å². The molecule has 1 aliphatic rings. The lowest BCUT2D eigenvalue weighted by Crippen LogP contribution is -2.32. The van der Waals surface area contributed by atoms with Crippen molar-refractivity contribution in [3.8, 4) is 0 Å². The maximum Gasteiger partial charge on any atom is 0.226 e. The smallest absolute Gasteiger partial charge is 0.226 e. The van der Waals surface area contributed by atoms with Crippen LogP contribution in [0, 0.1) is 5.92 Å². The number of hydrogen-bond donors (Lipinski definition) is 1. The molecule has 0 spiro atoms. The van der Waals surface area contributed by atoms with Crippen molar-refractivity contribution in [1.82, 2.24) is 0 Å². The average Bonchev–Trinajstić information content (AvgIpc) is 2.51. The summed E-state index contributed by atoms with van der Waals surface area (Å²) in [5, 5.41) is 0. The second kappa shape index (κ2) is 8.06. The molecule has 0 heterocycles. The van der Waals surface area contributed by atoms with Gasteiger partial charge in [-0.05, 0) is 37.0 Å². The average molecular weight is 288 g/mol. The van der Waals surface area contributed by atoms with Gasteiger partial charge in [0.05, 0.1) is 0 Å².